The summed E-state index contributed by atoms with van der Waals surface area (Å²) in [6, 6.07) is 7.24. The molecule has 1 aromatic rings. The van der Waals surface area contributed by atoms with Gasteiger partial charge in [-0.15, -0.1) is 0 Å². The zero-order valence-electron chi connectivity index (χ0n) is 9.74. The lowest BCUT2D eigenvalue weighted by molar-refractivity contribution is 0.101. The highest BCUT2D eigenvalue weighted by Crippen LogP contribution is 2.13. The largest absolute Gasteiger partial charge is 0.494 e. The van der Waals surface area contributed by atoms with Crippen molar-refractivity contribution < 1.29 is 9.53 Å². The molecule has 1 aromatic carbocycles. The van der Waals surface area contributed by atoms with E-state index >= 15 is 0 Å². The summed E-state index contributed by atoms with van der Waals surface area (Å²) in [4.78, 5) is 11.0. The van der Waals surface area contributed by atoms with Gasteiger partial charge in [0.15, 0.2) is 5.78 Å². The quantitative estimate of drug-likeness (QED) is 0.568. The van der Waals surface area contributed by atoms with Crippen LogP contribution in [0.15, 0.2) is 24.3 Å². The fraction of sp³-hybridized carbons (Fsp3) is 0.462. The van der Waals surface area contributed by atoms with Gasteiger partial charge in [0.05, 0.1) is 6.61 Å². The van der Waals surface area contributed by atoms with Crippen molar-refractivity contribution in [2.45, 2.75) is 26.2 Å². The Bertz CT molecular complexity index is 319. The molecule has 0 amide bonds. The number of ketones is 1. The second-order valence-electron chi connectivity index (χ2n) is 3.78. The number of unbranched alkanes of at least 4 members (excludes halogenated alkanes) is 2. The first kappa shape index (κ1) is 12.7. The molecular weight excluding hydrogens is 202 g/mol. The van der Waals surface area contributed by atoms with E-state index in [1.807, 2.05) is 12.1 Å². The summed E-state index contributed by atoms with van der Waals surface area (Å²) < 4.78 is 5.54. The minimum Gasteiger partial charge on any atom is -0.494 e. The fourth-order valence-corrected chi connectivity index (χ4v) is 1.40. The number of carbonyl (C=O) groups excluding carboxylic acids is 1. The number of hydrogen-bond acceptors (Lipinski definition) is 3. The molecule has 16 heavy (non-hydrogen) atoms. The molecule has 0 bridgehead atoms. The Labute approximate surface area is 96.6 Å². The number of carbonyl (C=O) groups is 1. The first-order valence-corrected chi connectivity index (χ1v) is 5.68. The van der Waals surface area contributed by atoms with Crippen LogP contribution in [0.5, 0.6) is 5.75 Å². The van der Waals surface area contributed by atoms with Crippen LogP contribution in [-0.2, 0) is 0 Å². The van der Waals surface area contributed by atoms with Crippen LogP contribution in [-0.4, -0.2) is 18.9 Å². The summed E-state index contributed by atoms with van der Waals surface area (Å²) in [5.41, 5.74) is 6.11. The summed E-state index contributed by atoms with van der Waals surface area (Å²) in [5, 5.41) is 0. The van der Waals surface area contributed by atoms with Crippen LogP contribution >= 0.6 is 0 Å². The highest BCUT2D eigenvalue weighted by molar-refractivity contribution is 5.94. The lowest BCUT2D eigenvalue weighted by atomic mass is 10.1. The van der Waals surface area contributed by atoms with E-state index in [1.165, 1.54) is 0 Å². The number of benzene rings is 1. The first-order chi connectivity index (χ1) is 7.74. The molecule has 0 aliphatic rings. The third-order valence-electron chi connectivity index (χ3n) is 2.38. The van der Waals surface area contributed by atoms with Crippen LogP contribution in [0.4, 0.5) is 0 Å². The average molecular weight is 221 g/mol. The van der Waals surface area contributed by atoms with Gasteiger partial charge in [-0.05, 0) is 57.0 Å². The van der Waals surface area contributed by atoms with E-state index in [9.17, 15) is 4.79 Å². The molecule has 0 fully saturated rings. The molecule has 0 radical (unpaired) electrons. The van der Waals surface area contributed by atoms with Crippen LogP contribution in [0, 0.1) is 0 Å². The van der Waals surface area contributed by atoms with E-state index in [0.717, 1.165) is 37.1 Å². The molecule has 3 heteroatoms. The zero-order valence-corrected chi connectivity index (χ0v) is 9.74. The molecule has 88 valence electrons. The van der Waals surface area contributed by atoms with Crippen LogP contribution in [0.25, 0.3) is 0 Å². The Kier molecular flexibility index (Phi) is 5.57. The van der Waals surface area contributed by atoms with Crippen molar-refractivity contribution >= 4 is 5.78 Å². The smallest absolute Gasteiger partial charge is 0.159 e. The van der Waals surface area contributed by atoms with E-state index in [1.54, 1.807) is 19.1 Å². The number of rotatable bonds is 7. The van der Waals surface area contributed by atoms with Crippen LogP contribution in [0.2, 0.25) is 0 Å². The molecule has 0 aliphatic heterocycles. The van der Waals surface area contributed by atoms with Gasteiger partial charge >= 0.3 is 0 Å². The third-order valence-corrected chi connectivity index (χ3v) is 2.38. The number of Topliss-reactive ketones (excluding diaryl/α,β-unsaturated/α-hetero) is 1. The molecule has 0 aliphatic carbocycles. The first-order valence-electron chi connectivity index (χ1n) is 5.68. The maximum Gasteiger partial charge on any atom is 0.159 e. The van der Waals surface area contributed by atoms with Crippen molar-refractivity contribution in [3.8, 4) is 5.75 Å². The maximum absolute atomic E-state index is 11.0. The highest BCUT2D eigenvalue weighted by atomic mass is 16.5. The molecule has 0 aromatic heterocycles. The van der Waals surface area contributed by atoms with E-state index in [2.05, 4.69) is 0 Å². The molecule has 0 heterocycles. The van der Waals surface area contributed by atoms with Gasteiger partial charge in [0.1, 0.15) is 5.75 Å². The van der Waals surface area contributed by atoms with Crippen molar-refractivity contribution in [2.24, 2.45) is 5.73 Å². The van der Waals surface area contributed by atoms with Crippen LogP contribution in [0.3, 0.4) is 0 Å². The van der Waals surface area contributed by atoms with Crippen molar-refractivity contribution in [1.29, 1.82) is 0 Å². The van der Waals surface area contributed by atoms with Crippen molar-refractivity contribution in [2.75, 3.05) is 13.2 Å². The molecule has 0 unspecified atom stereocenters. The molecule has 1 rings (SSSR count). The van der Waals surface area contributed by atoms with Crippen LogP contribution in [0.1, 0.15) is 36.5 Å². The van der Waals surface area contributed by atoms with Crippen molar-refractivity contribution in [3.63, 3.8) is 0 Å². The number of nitrogens with two attached hydrogens (primary N) is 1. The molecule has 0 saturated heterocycles. The Morgan fingerprint density at radius 1 is 1.19 bits per heavy atom. The standard InChI is InChI=1S/C13H19NO2/c1-11(15)12-5-7-13(8-6-12)16-10-4-2-3-9-14/h5-8H,2-4,9-10,14H2,1H3. The molecule has 0 saturated carbocycles. The van der Waals surface area contributed by atoms with Gasteiger partial charge in [0, 0.05) is 5.56 Å². The normalized spacial score (nSPS) is 10.1. The molecule has 0 spiro atoms. The lowest BCUT2D eigenvalue weighted by Crippen LogP contribution is -2.01. The molecular formula is C13H19NO2. The highest BCUT2D eigenvalue weighted by Gasteiger charge is 1.99. The van der Waals surface area contributed by atoms with E-state index in [0.29, 0.717) is 6.61 Å². The molecule has 2 N–H and O–H groups in total. The predicted molar refractivity (Wildman–Crippen MR) is 64.8 cm³/mol. The molecule has 3 nitrogen and oxygen atoms in total. The summed E-state index contributed by atoms with van der Waals surface area (Å²) in [5.74, 6) is 0.896. The number of ether oxygens (including phenoxy) is 1. The Balaban J connectivity index is 2.29. The van der Waals surface area contributed by atoms with Crippen molar-refractivity contribution in [1.82, 2.24) is 0 Å². The Morgan fingerprint density at radius 3 is 2.44 bits per heavy atom. The SMILES string of the molecule is CC(=O)c1ccc(OCCCCCN)cc1. The monoisotopic (exact) mass is 221 g/mol. The van der Waals surface area contributed by atoms with Gasteiger partial charge in [-0.2, -0.15) is 0 Å². The third kappa shape index (κ3) is 4.45. The summed E-state index contributed by atoms with van der Waals surface area (Å²) in [7, 11) is 0. The minimum absolute atomic E-state index is 0.0782. The van der Waals surface area contributed by atoms with Crippen LogP contribution < -0.4 is 10.5 Å². The van der Waals surface area contributed by atoms with Gasteiger partial charge < -0.3 is 10.5 Å². The Hall–Kier alpha value is -1.35. The van der Waals surface area contributed by atoms with Crippen molar-refractivity contribution in [3.05, 3.63) is 29.8 Å². The van der Waals surface area contributed by atoms with E-state index in [4.69, 9.17) is 10.5 Å². The summed E-state index contributed by atoms with van der Waals surface area (Å²) >= 11 is 0. The molecule has 0 atom stereocenters. The van der Waals surface area contributed by atoms with Gasteiger partial charge in [-0.3, -0.25) is 4.79 Å². The number of hydrogen-bond donors (Lipinski definition) is 1. The second-order valence-corrected chi connectivity index (χ2v) is 3.78. The Morgan fingerprint density at radius 2 is 1.88 bits per heavy atom. The minimum atomic E-state index is 0.0782. The average Bonchev–Trinajstić information content (AvgIpc) is 2.29. The maximum atomic E-state index is 11.0. The second kappa shape index (κ2) is 7.01. The van der Waals surface area contributed by atoms with Gasteiger partial charge in [-0.25, -0.2) is 0 Å². The lowest BCUT2D eigenvalue weighted by Gasteiger charge is -2.06. The predicted octanol–water partition coefficient (Wildman–Crippen LogP) is 2.40. The van der Waals surface area contributed by atoms with Gasteiger partial charge in [0.25, 0.3) is 0 Å². The summed E-state index contributed by atoms with van der Waals surface area (Å²) in [6.45, 7) is 3.01. The van der Waals surface area contributed by atoms with E-state index in [-0.39, 0.29) is 5.78 Å². The zero-order chi connectivity index (χ0) is 11.8. The van der Waals surface area contributed by atoms with Gasteiger partial charge in [0.2, 0.25) is 0 Å². The topological polar surface area (TPSA) is 52.3 Å². The van der Waals surface area contributed by atoms with Gasteiger partial charge in [-0.1, -0.05) is 0 Å². The fourth-order valence-electron chi connectivity index (χ4n) is 1.40. The summed E-state index contributed by atoms with van der Waals surface area (Å²) in [6.07, 6.45) is 3.17. The van der Waals surface area contributed by atoms with E-state index < -0.39 is 0 Å².